The Morgan fingerprint density at radius 1 is 1.60 bits per heavy atom. The van der Waals surface area contributed by atoms with Gasteiger partial charge in [-0.2, -0.15) is 0 Å². The van der Waals surface area contributed by atoms with E-state index in [-0.39, 0.29) is 49.7 Å². The first-order valence-corrected chi connectivity index (χ1v) is 0.816. The van der Waals surface area contributed by atoms with Crippen molar-refractivity contribution in [3.63, 3.8) is 0 Å². The van der Waals surface area contributed by atoms with Crippen LogP contribution in [0.3, 0.4) is 0 Å². The van der Waals surface area contributed by atoms with Gasteiger partial charge in [-0.25, -0.2) is 0 Å². The second kappa shape index (κ2) is 17.7. The van der Waals surface area contributed by atoms with Crippen LogP contribution in [0.4, 0.5) is 0 Å². The summed E-state index contributed by atoms with van der Waals surface area (Å²) in [4.78, 5) is 8.50. The molecule has 0 N–H and O–H groups in total. The van der Waals surface area contributed by atoms with E-state index in [1.54, 1.807) is 0 Å². The molecule has 0 saturated heterocycles. The van der Waals surface area contributed by atoms with E-state index >= 15 is 0 Å². The Morgan fingerprint density at radius 2 is 1.60 bits per heavy atom. The van der Waals surface area contributed by atoms with Crippen molar-refractivity contribution in [3.05, 3.63) is 0 Å². The van der Waals surface area contributed by atoms with E-state index in [0.717, 1.165) is 5.62 Å². The zero-order valence-electron chi connectivity index (χ0n) is 2.26. The number of rotatable bonds is 0. The van der Waals surface area contributed by atoms with Crippen molar-refractivity contribution in [2.45, 2.75) is 0 Å². The van der Waals surface area contributed by atoms with E-state index in [1.807, 2.05) is 0 Å². The summed E-state index contributed by atoms with van der Waals surface area (Å²) in [5.41, 5.74) is 1.08. The third-order valence-corrected chi connectivity index (χ3v) is 0. The first kappa shape index (κ1) is 16.0. The molecule has 0 amide bonds. The van der Waals surface area contributed by atoms with E-state index in [4.69, 9.17) is 4.79 Å². The fraction of sp³-hybridized carbons (Fsp3) is 0. The van der Waals surface area contributed by atoms with E-state index in [9.17, 15) is 0 Å². The van der Waals surface area contributed by atoms with Gasteiger partial charge < -0.3 is 23.0 Å². The Bertz CT molecular complexity index is 19.1. The Balaban J connectivity index is -0.0000000200. The molecule has 1 nitrogen and oxygen atoms in total. The van der Waals surface area contributed by atoms with Gasteiger partial charge in [0.05, 0.1) is 0 Å². The molecular weight excluding hydrogens is 349 g/mol. The molecule has 4 heteroatoms. The smallest absolute Gasteiger partial charge is 0 e. The van der Waals surface area contributed by atoms with Gasteiger partial charge in [0.25, 0.3) is 0 Å². The van der Waals surface area contributed by atoms with E-state index in [1.165, 1.54) is 0 Å². The number of hydrogen-bond acceptors (Lipinski definition) is 2. The van der Waals surface area contributed by atoms with E-state index in [2.05, 4.69) is 12.6 Å². The summed E-state index contributed by atoms with van der Waals surface area (Å²) in [7, 11) is 0. The molecule has 0 saturated carbocycles. The van der Waals surface area contributed by atoms with Gasteiger partial charge in [-0.05, 0) is 0 Å². The van der Waals surface area contributed by atoms with Crippen molar-refractivity contribution in [1.29, 1.82) is 0 Å². The maximum atomic E-state index is 8.50. The Labute approximate surface area is 71.9 Å². The van der Waals surface area contributed by atoms with Crippen LogP contribution in [0, 0.1) is 31.1 Å². The predicted octanol–water partition coefficient (Wildman–Crippen LogP) is -0.402. The average Bonchev–Trinajstić information content (AvgIpc) is 0.918. The van der Waals surface area contributed by atoms with Crippen molar-refractivity contribution >= 4 is 18.2 Å². The quantitative estimate of drug-likeness (QED) is 0.437. The molecule has 0 aromatic carbocycles. The summed E-state index contributed by atoms with van der Waals surface area (Å²) in [6.07, 6.45) is 0. The van der Waals surface area contributed by atoms with Gasteiger partial charge in [-0.1, -0.05) is 0 Å². The molecule has 0 fully saturated rings. The second-order valence-electron chi connectivity index (χ2n) is 0.0833. The van der Waals surface area contributed by atoms with Crippen LogP contribution >= 0.6 is 0 Å². The second-order valence-corrected chi connectivity index (χ2v) is 0.250. The van der Waals surface area contributed by atoms with Gasteiger partial charge in [0.2, 0.25) is 0 Å². The summed E-state index contributed by atoms with van der Waals surface area (Å²) >= 11 is 3.59. The third kappa shape index (κ3) is 29.5. The summed E-state index contributed by atoms with van der Waals surface area (Å²) < 4.78 is 0. The van der Waals surface area contributed by atoms with Gasteiger partial charge in [0, 0.05) is 49.7 Å². The molecule has 0 aliphatic carbocycles. The topological polar surface area (TPSA) is 17.1 Å². The molecule has 0 aliphatic rings. The Kier molecular flexibility index (Phi) is 56.9. The van der Waals surface area contributed by atoms with Crippen LogP contribution in [-0.4, -0.2) is 5.62 Å². The Hall–Kier alpha value is 1.53. The zero-order valence-corrected chi connectivity index (χ0v) is 8.64. The minimum atomic E-state index is 0. The van der Waals surface area contributed by atoms with Crippen molar-refractivity contribution in [3.8, 4) is 0 Å². The van der Waals surface area contributed by atoms with E-state index in [0.29, 0.717) is 0 Å². The molecule has 0 aromatic rings. The molecule has 5 heavy (non-hydrogen) atoms. The van der Waals surface area contributed by atoms with Crippen LogP contribution < -0.4 is 0 Å². The maximum absolute atomic E-state index is 8.50. The van der Waals surface area contributed by atoms with Crippen molar-refractivity contribution in [2.75, 3.05) is 0 Å². The summed E-state index contributed by atoms with van der Waals surface area (Å²) in [6.45, 7) is 0. The fourth-order valence-electron chi connectivity index (χ4n) is 0. The largest absolute Gasteiger partial charge is 0.999 e. The van der Waals surface area contributed by atoms with Gasteiger partial charge in [0.1, 0.15) is 0 Å². The van der Waals surface area contributed by atoms with Crippen molar-refractivity contribution < 1.29 is 54.5 Å². The minimum Gasteiger partial charge on any atom is -0.999 e. The van der Waals surface area contributed by atoms with Gasteiger partial charge in [-0.15, -0.1) is 0 Å². The molecule has 0 atom stereocenters. The summed E-state index contributed by atoms with van der Waals surface area (Å²) in [5.74, 6) is 0. The van der Waals surface area contributed by atoms with Crippen LogP contribution in [0.2, 0.25) is 0 Å². The Morgan fingerprint density at radius 3 is 1.60 bits per heavy atom. The molecule has 0 heterocycles. The first-order chi connectivity index (χ1) is 1.41. The molecule has 0 spiro atoms. The molecule has 1 radical (unpaired) electrons. The first-order valence-electron chi connectivity index (χ1n) is 0.408. The standard InChI is InChI=1S/COS.U.V/c2-1-3;;/q-2;;. The SMILES string of the molecule is O=[C-][S-].[U].[V]. The number of carbonyl (C=O) groups excluding carboxylic acids is 1. The minimum absolute atomic E-state index is 0. The van der Waals surface area contributed by atoms with Crippen LogP contribution in [0.5, 0.6) is 0 Å². The van der Waals surface area contributed by atoms with E-state index < -0.39 is 0 Å². The van der Waals surface area contributed by atoms with Crippen LogP contribution in [-0.2, 0) is 36.0 Å². The summed E-state index contributed by atoms with van der Waals surface area (Å²) in [6, 6.07) is 0. The molecule has 0 bridgehead atoms. The van der Waals surface area contributed by atoms with Crippen LogP contribution in [0.15, 0.2) is 0 Å². The average molecular weight is 349 g/mol. The molecule has 0 aliphatic heterocycles. The van der Waals surface area contributed by atoms with Gasteiger partial charge in [0.15, 0.2) is 0 Å². The molecule has 27 valence electrons. The normalized spacial score (nSPS) is 2.40. The molecule has 0 aromatic heterocycles. The van der Waals surface area contributed by atoms with Crippen LogP contribution in [0.1, 0.15) is 0 Å². The van der Waals surface area contributed by atoms with Gasteiger partial charge >= 0.3 is 0 Å². The molecule has 0 unspecified atom stereocenters. The van der Waals surface area contributed by atoms with Crippen molar-refractivity contribution in [1.82, 2.24) is 0 Å². The zero-order chi connectivity index (χ0) is 2.71. The third-order valence-electron chi connectivity index (χ3n) is 0. The molecular formula is COSUV-2. The monoisotopic (exact) mass is 349 g/mol. The fourth-order valence-corrected chi connectivity index (χ4v) is 0. The maximum Gasteiger partial charge on any atom is 0 e. The molecule has 0 rings (SSSR count). The summed E-state index contributed by atoms with van der Waals surface area (Å²) in [5, 5.41) is 0. The predicted molar refractivity (Wildman–Crippen MR) is 13.1 cm³/mol. The van der Waals surface area contributed by atoms with Crippen molar-refractivity contribution in [2.24, 2.45) is 0 Å². The van der Waals surface area contributed by atoms with Crippen LogP contribution in [0.25, 0.3) is 0 Å². The number of hydrogen-bond donors (Lipinski definition) is 0. The van der Waals surface area contributed by atoms with Gasteiger partial charge in [-0.3, -0.25) is 0 Å².